The topological polar surface area (TPSA) is 93.6 Å². The van der Waals surface area contributed by atoms with Crippen molar-refractivity contribution in [2.24, 2.45) is 5.41 Å². The molecule has 0 unspecified atom stereocenters. The Hall–Kier alpha value is -3.16. The number of piperidine rings is 1. The first-order valence-corrected chi connectivity index (χ1v) is 13.2. The molecule has 2 aromatic rings. The molecule has 4 rings (SSSR count). The Bertz CT molecular complexity index is 1180. The summed E-state index contributed by atoms with van der Waals surface area (Å²) in [6, 6.07) is 6.17. The van der Waals surface area contributed by atoms with Crippen LogP contribution in [-0.4, -0.2) is 53.9 Å². The summed E-state index contributed by atoms with van der Waals surface area (Å²) in [6.07, 6.45) is 4.55. The normalized spacial score (nSPS) is 19.1. The number of anilines is 1. The number of esters is 1. The molecule has 0 bridgehead atoms. The number of alkyl carbamates (subject to hydrolysis) is 1. The Labute approximate surface area is 220 Å². The van der Waals surface area contributed by atoms with E-state index in [1.807, 2.05) is 39.8 Å². The highest BCUT2D eigenvalue weighted by molar-refractivity contribution is 5.93. The standard InChI is InChI=1S/C29H40N4O4/c1-18-10-8-11-21(19(18)2)23-20(3)30-25(24(32-23)26(34)36-7)33-16-14-29(15-17-33)13-9-12-22(29)31-27(35)37-28(4,5)6/h8,10-11,22H,9,12-17H2,1-7H3,(H,31,35)/t22-/m1/s1. The summed E-state index contributed by atoms with van der Waals surface area (Å²) in [6.45, 7) is 13.2. The Morgan fingerprint density at radius 2 is 1.78 bits per heavy atom. The Kier molecular flexibility index (Phi) is 7.49. The van der Waals surface area contributed by atoms with Gasteiger partial charge in [-0.3, -0.25) is 0 Å². The second-order valence-electron chi connectivity index (χ2n) is 11.5. The quantitative estimate of drug-likeness (QED) is 0.544. The van der Waals surface area contributed by atoms with E-state index in [4.69, 9.17) is 19.4 Å². The van der Waals surface area contributed by atoms with Crippen molar-refractivity contribution in [1.82, 2.24) is 15.3 Å². The van der Waals surface area contributed by atoms with Gasteiger partial charge in [-0.05, 0) is 83.8 Å². The molecule has 2 fully saturated rings. The van der Waals surface area contributed by atoms with Gasteiger partial charge in [0.1, 0.15) is 5.60 Å². The summed E-state index contributed by atoms with van der Waals surface area (Å²) in [5, 5.41) is 3.15. The van der Waals surface area contributed by atoms with E-state index in [0.29, 0.717) is 11.5 Å². The van der Waals surface area contributed by atoms with Gasteiger partial charge >= 0.3 is 12.1 Å². The van der Waals surface area contributed by atoms with Crippen LogP contribution in [0.15, 0.2) is 18.2 Å². The fraction of sp³-hybridized carbons (Fsp3) is 0.586. The average Bonchev–Trinajstić information content (AvgIpc) is 3.20. The molecule has 0 radical (unpaired) electrons. The molecule has 8 heteroatoms. The summed E-state index contributed by atoms with van der Waals surface area (Å²) in [5.74, 6) is 0.0857. The van der Waals surface area contributed by atoms with E-state index in [-0.39, 0.29) is 23.2 Å². The lowest BCUT2D eigenvalue weighted by Crippen LogP contribution is -2.51. The summed E-state index contributed by atoms with van der Waals surface area (Å²) >= 11 is 0. The lowest BCUT2D eigenvalue weighted by Gasteiger charge is -2.44. The molecule has 1 saturated carbocycles. The number of hydrogen-bond acceptors (Lipinski definition) is 7. The fourth-order valence-corrected chi connectivity index (χ4v) is 5.80. The van der Waals surface area contributed by atoms with Crippen LogP contribution in [0, 0.1) is 26.2 Å². The van der Waals surface area contributed by atoms with Gasteiger partial charge in [0.25, 0.3) is 0 Å². The largest absolute Gasteiger partial charge is 0.464 e. The zero-order valence-electron chi connectivity index (χ0n) is 23.2. The van der Waals surface area contributed by atoms with Crippen molar-refractivity contribution in [1.29, 1.82) is 0 Å². The minimum absolute atomic E-state index is 0.0277. The lowest BCUT2D eigenvalue weighted by atomic mass is 9.74. The molecule has 1 atom stereocenters. The maximum Gasteiger partial charge on any atom is 0.407 e. The SMILES string of the molecule is COC(=O)c1nc(-c2cccc(C)c2C)c(C)nc1N1CCC2(CCC[C@H]2NC(=O)OC(C)(C)C)CC1. The van der Waals surface area contributed by atoms with Gasteiger partial charge in [0.05, 0.1) is 18.5 Å². The summed E-state index contributed by atoms with van der Waals surface area (Å²) in [5.41, 5.74) is 4.49. The van der Waals surface area contributed by atoms with Crippen LogP contribution in [-0.2, 0) is 9.47 Å². The zero-order chi connectivity index (χ0) is 27.0. The van der Waals surface area contributed by atoms with Crippen LogP contribution in [0.25, 0.3) is 11.3 Å². The molecule has 1 aromatic heterocycles. The first-order valence-electron chi connectivity index (χ1n) is 13.2. The first kappa shape index (κ1) is 26.9. The molecule has 8 nitrogen and oxygen atoms in total. The van der Waals surface area contributed by atoms with Gasteiger partial charge in [-0.25, -0.2) is 19.6 Å². The number of nitrogens with zero attached hydrogens (tertiary/aromatic N) is 3. The van der Waals surface area contributed by atoms with E-state index in [1.54, 1.807) is 0 Å². The van der Waals surface area contributed by atoms with Crippen molar-refractivity contribution >= 4 is 17.9 Å². The summed E-state index contributed by atoms with van der Waals surface area (Å²) in [7, 11) is 1.38. The van der Waals surface area contributed by atoms with Crippen molar-refractivity contribution in [3.8, 4) is 11.3 Å². The van der Waals surface area contributed by atoms with E-state index in [0.717, 1.165) is 67.6 Å². The molecule has 1 aromatic carbocycles. The molecule has 1 amide bonds. The predicted octanol–water partition coefficient (Wildman–Crippen LogP) is 5.52. The molecule has 37 heavy (non-hydrogen) atoms. The minimum Gasteiger partial charge on any atom is -0.464 e. The van der Waals surface area contributed by atoms with Gasteiger partial charge in [-0.1, -0.05) is 24.6 Å². The van der Waals surface area contributed by atoms with Gasteiger partial charge in [-0.15, -0.1) is 0 Å². The Morgan fingerprint density at radius 1 is 1.08 bits per heavy atom. The van der Waals surface area contributed by atoms with Crippen molar-refractivity contribution in [2.45, 2.75) is 85.3 Å². The number of carbonyl (C=O) groups is 2. The van der Waals surface area contributed by atoms with Crippen LogP contribution in [0.5, 0.6) is 0 Å². The van der Waals surface area contributed by atoms with Crippen LogP contribution in [0.4, 0.5) is 10.6 Å². The summed E-state index contributed by atoms with van der Waals surface area (Å²) in [4.78, 5) is 37.2. The van der Waals surface area contributed by atoms with Crippen molar-refractivity contribution in [3.63, 3.8) is 0 Å². The molecule has 2 aliphatic rings. The monoisotopic (exact) mass is 508 g/mol. The third-order valence-electron chi connectivity index (χ3n) is 7.95. The average molecular weight is 509 g/mol. The van der Waals surface area contributed by atoms with Crippen LogP contribution in [0.1, 0.15) is 80.2 Å². The Balaban J connectivity index is 1.58. The number of benzene rings is 1. The highest BCUT2D eigenvalue weighted by atomic mass is 16.6. The molecule has 1 saturated heterocycles. The van der Waals surface area contributed by atoms with Crippen molar-refractivity contribution in [2.75, 3.05) is 25.1 Å². The van der Waals surface area contributed by atoms with Gasteiger partial charge in [0, 0.05) is 24.7 Å². The van der Waals surface area contributed by atoms with Crippen molar-refractivity contribution < 1.29 is 19.1 Å². The summed E-state index contributed by atoms with van der Waals surface area (Å²) < 4.78 is 10.6. The molecule has 1 spiro atoms. The fourth-order valence-electron chi connectivity index (χ4n) is 5.80. The number of hydrogen-bond donors (Lipinski definition) is 1. The number of aryl methyl sites for hydroxylation is 2. The van der Waals surface area contributed by atoms with E-state index >= 15 is 0 Å². The first-order chi connectivity index (χ1) is 17.4. The van der Waals surface area contributed by atoms with E-state index in [1.165, 1.54) is 7.11 Å². The van der Waals surface area contributed by atoms with E-state index in [9.17, 15) is 9.59 Å². The maximum absolute atomic E-state index is 12.8. The molecular weight excluding hydrogens is 468 g/mol. The minimum atomic E-state index is -0.525. The number of ether oxygens (including phenoxy) is 2. The number of carbonyl (C=O) groups excluding carboxylic acids is 2. The van der Waals surface area contributed by atoms with Gasteiger partial charge < -0.3 is 19.7 Å². The molecule has 200 valence electrons. The van der Waals surface area contributed by atoms with Crippen LogP contribution in [0.2, 0.25) is 0 Å². The predicted molar refractivity (Wildman–Crippen MR) is 144 cm³/mol. The lowest BCUT2D eigenvalue weighted by molar-refractivity contribution is 0.0440. The highest BCUT2D eigenvalue weighted by Crippen LogP contribution is 2.47. The van der Waals surface area contributed by atoms with Crippen LogP contribution < -0.4 is 10.2 Å². The second kappa shape index (κ2) is 10.3. The zero-order valence-corrected chi connectivity index (χ0v) is 23.2. The van der Waals surface area contributed by atoms with E-state index in [2.05, 4.69) is 30.1 Å². The molecule has 1 N–H and O–H groups in total. The molecule has 1 aliphatic heterocycles. The number of amides is 1. The highest BCUT2D eigenvalue weighted by Gasteiger charge is 2.46. The maximum atomic E-state index is 12.8. The van der Waals surface area contributed by atoms with Gasteiger partial charge in [-0.2, -0.15) is 0 Å². The smallest absolute Gasteiger partial charge is 0.407 e. The number of nitrogens with one attached hydrogen (secondary N) is 1. The molecular formula is C29H40N4O4. The van der Waals surface area contributed by atoms with E-state index < -0.39 is 11.6 Å². The van der Waals surface area contributed by atoms with Gasteiger partial charge in [0.2, 0.25) is 0 Å². The second-order valence-corrected chi connectivity index (χ2v) is 11.5. The molecule has 2 heterocycles. The third kappa shape index (κ3) is 5.58. The van der Waals surface area contributed by atoms with Gasteiger partial charge in [0.15, 0.2) is 11.5 Å². The third-order valence-corrected chi connectivity index (χ3v) is 7.95. The number of rotatable bonds is 4. The van der Waals surface area contributed by atoms with Crippen LogP contribution in [0.3, 0.4) is 0 Å². The Morgan fingerprint density at radius 3 is 2.43 bits per heavy atom. The van der Waals surface area contributed by atoms with Crippen molar-refractivity contribution in [3.05, 3.63) is 40.7 Å². The molecule has 1 aliphatic carbocycles. The number of aromatic nitrogens is 2. The number of methoxy groups -OCH3 is 1. The van der Waals surface area contributed by atoms with Crippen LogP contribution >= 0.6 is 0 Å².